The van der Waals surface area contributed by atoms with Crippen LogP contribution in [0.3, 0.4) is 0 Å². The van der Waals surface area contributed by atoms with Crippen LogP contribution in [0.25, 0.3) is 4.85 Å². The summed E-state index contributed by atoms with van der Waals surface area (Å²) in [5, 5.41) is 7.94. The van der Waals surface area contributed by atoms with Crippen molar-refractivity contribution in [3.8, 4) is 0 Å². The largest absolute Gasteiger partial charge is 0.444 e. The number of likely N-dealkylation sites (tertiary alicyclic amines) is 1. The summed E-state index contributed by atoms with van der Waals surface area (Å²) in [6.45, 7) is 13.0. The topological polar surface area (TPSA) is 164 Å². The molecule has 0 saturated carbocycles. The summed E-state index contributed by atoms with van der Waals surface area (Å²) in [6, 6.07) is 16.9. The Labute approximate surface area is 294 Å². The van der Waals surface area contributed by atoms with Crippen molar-refractivity contribution >= 4 is 68.0 Å². The van der Waals surface area contributed by atoms with E-state index in [0.717, 1.165) is 0 Å². The molecule has 0 bridgehead atoms. The molecule has 1 aromatic heterocycles. The van der Waals surface area contributed by atoms with Gasteiger partial charge in [0.15, 0.2) is 15.5 Å². The zero-order valence-corrected chi connectivity index (χ0v) is 29.0. The van der Waals surface area contributed by atoms with Gasteiger partial charge in [-0.1, -0.05) is 35.9 Å². The lowest BCUT2D eigenvalue weighted by atomic mass is 10.1. The van der Waals surface area contributed by atoms with Gasteiger partial charge in [-0.05, 0) is 76.1 Å². The molecule has 3 aromatic carbocycles. The Morgan fingerprint density at radius 3 is 2.08 bits per heavy atom. The van der Waals surface area contributed by atoms with Crippen molar-refractivity contribution in [2.24, 2.45) is 0 Å². The summed E-state index contributed by atoms with van der Waals surface area (Å²) >= 11 is 6.28. The monoisotopic (exact) mass is 715 g/mol. The molecule has 1 aliphatic rings. The molecule has 0 spiro atoms. The molecule has 0 aliphatic carbocycles. The molecule has 13 nitrogen and oxygen atoms in total. The van der Waals surface area contributed by atoms with Gasteiger partial charge in [-0.25, -0.2) is 28.0 Å². The molecule has 3 N–H and O–H groups in total. The number of piperidine rings is 1. The second-order valence-corrected chi connectivity index (χ2v) is 15.1. The van der Waals surface area contributed by atoms with E-state index >= 15 is 0 Å². The fourth-order valence-corrected chi connectivity index (χ4v) is 6.98. The Balaban J connectivity index is 1.15. The van der Waals surface area contributed by atoms with E-state index in [9.17, 15) is 22.8 Å². The van der Waals surface area contributed by atoms with E-state index in [1.54, 1.807) is 39.0 Å². The van der Waals surface area contributed by atoms with Crippen LogP contribution in [-0.4, -0.2) is 65.1 Å². The minimum absolute atomic E-state index is 0.110. The van der Waals surface area contributed by atoms with Gasteiger partial charge in [-0.2, -0.15) is 0 Å². The summed E-state index contributed by atoms with van der Waals surface area (Å²) in [4.78, 5) is 51.5. The van der Waals surface area contributed by atoms with E-state index in [4.69, 9.17) is 22.9 Å². The van der Waals surface area contributed by atoms with Crippen molar-refractivity contribution in [3.05, 3.63) is 107 Å². The van der Waals surface area contributed by atoms with Crippen LogP contribution >= 0.6 is 11.6 Å². The predicted molar refractivity (Wildman–Crippen MR) is 190 cm³/mol. The van der Waals surface area contributed by atoms with Crippen LogP contribution in [0.5, 0.6) is 0 Å². The molecule has 0 unspecified atom stereocenters. The highest BCUT2D eigenvalue weighted by Crippen LogP contribution is 2.28. The van der Waals surface area contributed by atoms with Crippen molar-refractivity contribution < 1.29 is 27.5 Å². The standard InChI is InChI=1S/C35H34ClN7O6S/c1-35(2,3)49-34(46)43-17-15-28(16-18-43)50(47,48)27-12-9-24(10-13-27)42-33-38-20-26(21-39-33)41-32(45)29-19-25(11-14-30(29)36)40-31(44)22-5-7-23(37-4)8-6-22/h5-14,19-21,28H,15-18H2,1-3H3,(H,40,44)(H,41,45)(H,38,39,42). The van der Waals surface area contributed by atoms with E-state index in [1.807, 2.05) is 0 Å². The van der Waals surface area contributed by atoms with Crippen LogP contribution in [0.2, 0.25) is 5.02 Å². The van der Waals surface area contributed by atoms with E-state index in [2.05, 4.69) is 30.8 Å². The molecule has 15 heteroatoms. The number of carbonyl (C=O) groups is 3. The average Bonchev–Trinajstić information content (AvgIpc) is 3.09. The number of aromatic nitrogens is 2. The highest BCUT2D eigenvalue weighted by molar-refractivity contribution is 7.92. The van der Waals surface area contributed by atoms with Crippen LogP contribution in [0, 0.1) is 6.57 Å². The van der Waals surface area contributed by atoms with Gasteiger partial charge in [0, 0.05) is 30.0 Å². The Morgan fingerprint density at radius 1 is 0.880 bits per heavy atom. The van der Waals surface area contributed by atoms with E-state index in [-0.39, 0.29) is 27.1 Å². The molecule has 2 heterocycles. The van der Waals surface area contributed by atoms with Gasteiger partial charge in [0.05, 0.1) is 45.4 Å². The van der Waals surface area contributed by atoms with Crippen molar-refractivity contribution in [1.29, 1.82) is 0 Å². The molecule has 1 aliphatic heterocycles. The number of halogens is 1. The second kappa shape index (κ2) is 14.9. The van der Waals surface area contributed by atoms with Crippen LogP contribution in [0.1, 0.15) is 54.3 Å². The maximum Gasteiger partial charge on any atom is 0.410 e. The zero-order valence-electron chi connectivity index (χ0n) is 27.4. The number of ether oxygens (including phenoxy) is 1. The fraction of sp³-hybridized carbons (Fsp3) is 0.257. The van der Waals surface area contributed by atoms with Gasteiger partial charge >= 0.3 is 6.09 Å². The first-order valence-electron chi connectivity index (χ1n) is 15.5. The summed E-state index contributed by atoms with van der Waals surface area (Å²) in [5.41, 5.74) is 1.42. The molecular formula is C35H34ClN7O6S. The molecule has 5 rings (SSSR count). The number of rotatable bonds is 8. The molecule has 0 radical (unpaired) electrons. The average molecular weight is 716 g/mol. The van der Waals surface area contributed by atoms with Crippen LogP contribution < -0.4 is 16.0 Å². The minimum atomic E-state index is -3.62. The highest BCUT2D eigenvalue weighted by atomic mass is 35.5. The maximum absolute atomic E-state index is 13.3. The van der Waals surface area contributed by atoms with Gasteiger partial charge in [0.1, 0.15) is 5.60 Å². The number of sulfone groups is 1. The normalized spacial score (nSPS) is 13.5. The summed E-state index contributed by atoms with van der Waals surface area (Å²) < 4.78 is 32.0. The molecular weight excluding hydrogens is 682 g/mol. The Kier molecular flexibility index (Phi) is 10.7. The Bertz CT molecular complexity index is 2040. The highest BCUT2D eigenvalue weighted by Gasteiger charge is 2.34. The second-order valence-electron chi connectivity index (χ2n) is 12.4. The van der Waals surface area contributed by atoms with Gasteiger partial charge < -0.3 is 25.6 Å². The van der Waals surface area contributed by atoms with Crippen molar-refractivity contribution in [2.75, 3.05) is 29.0 Å². The van der Waals surface area contributed by atoms with Gasteiger partial charge in [0.2, 0.25) is 5.95 Å². The maximum atomic E-state index is 13.3. The first-order chi connectivity index (χ1) is 23.7. The number of nitrogens with one attached hydrogen (secondary N) is 3. The van der Waals surface area contributed by atoms with E-state index < -0.39 is 38.6 Å². The number of benzene rings is 3. The lowest BCUT2D eigenvalue weighted by Gasteiger charge is -2.33. The SMILES string of the molecule is [C-]#[N+]c1ccc(C(=O)Nc2ccc(Cl)c(C(=O)Nc3cnc(Nc4ccc(S(=O)(=O)C5CCN(C(=O)OC(C)(C)C)CC5)cc4)nc3)c2)cc1. The van der Waals surface area contributed by atoms with Crippen molar-refractivity contribution in [1.82, 2.24) is 14.9 Å². The number of hydrogen-bond acceptors (Lipinski definition) is 9. The lowest BCUT2D eigenvalue weighted by Crippen LogP contribution is -2.44. The van der Waals surface area contributed by atoms with Crippen molar-refractivity contribution in [3.63, 3.8) is 0 Å². The number of carbonyl (C=O) groups excluding carboxylic acids is 3. The zero-order chi connectivity index (χ0) is 36.1. The quantitative estimate of drug-likeness (QED) is 0.161. The lowest BCUT2D eigenvalue weighted by molar-refractivity contribution is 0.0217. The van der Waals surface area contributed by atoms with Gasteiger partial charge in [0.25, 0.3) is 11.8 Å². The summed E-state index contributed by atoms with van der Waals surface area (Å²) in [7, 11) is -3.62. The van der Waals surface area contributed by atoms with Crippen molar-refractivity contribution in [2.45, 2.75) is 49.4 Å². The number of amides is 3. The molecule has 50 heavy (non-hydrogen) atoms. The Morgan fingerprint density at radius 2 is 1.48 bits per heavy atom. The third-order valence-electron chi connectivity index (χ3n) is 7.61. The number of anilines is 4. The van der Waals surface area contributed by atoms with Gasteiger partial charge in [-0.3, -0.25) is 9.59 Å². The van der Waals surface area contributed by atoms with E-state index in [1.165, 1.54) is 65.8 Å². The Hall–Kier alpha value is -5.52. The third-order valence-corrected chi connectivity index (χ3v) is 10.2. The van der Waals surface area contributed by atoms with Crippen LogP contribution in [0.4, 0.5) is 33.5 Å². The van der Waals surface area contributed by atoms with E-state index in [0.29, 0.717) is 48.6 Å². The number of hydrogen-bond donors (Lipinski definition) is 3. The molecule has 3 amide bonds. The molecule has 1 fully saturated rings. The molecule has 1 saturated heterocycles. The summed E-state index contributed by atoms with van der Waals surface area (Å²) in [6.07, 6.45) is 2.96. The molecule has 258 valence electrons. The summed E-state index contributed by atoms with van der Waals surface area (Å²) in [5.74, 6) is -0.759. The third kappa shape index (κ3) is 8.93. The van der Waals surface area contributed by atoms with Crippen LogP contribution in [-0.2, 0) is 14.6 Å². The van der Waals surface area contributed by atoms with Crippen LogP contribution in [0.15, 0.2) is 84.0 Å². The number of nitrogens with zero attached hydrogens (tertiary/aromatic N) is 4. The molecule has 4 aromatic rings. The first-order valence-corrected chi connectivity index (χ1v) is 17.4. The minimum Gasteiger partial charge on any atom is -0.444 e. The smallest absolute Gasteiger partial charge is 0.410 e. The first kappa shape index (κ1) is 35.8. The fourth-order valence-electron chi connectivity index (χ4n) is 5.05. The predicted octanol–water partition coefficient (Wildman–Crippen LogP) is 7.10. The van der Waals surface area contributed by atoms with Gasteiger partial charge in [-0.15, -0.1) is 0 Å². The molecule has 0 atom stereocenters.